The Morgan fingerprint density at radius 1 is 1.48 bits per heavy atom. The Kier molecular flexibility index (Phi) is 3.71. The molecule has 0 bridgehead atoms. The van der Waals surface area contributed by atoms with E-state index in [0.29, 0.717) is 17.6 Å². The van der Waals surface area contributed by atoms with Gasteiger partial charge in [-0.3, -0.25) is 4.79 Å². The minimum absolute atomic E-state index is 0.00197. The van der Waals surface area contributed by atoms with E-state index in [1.54, 1.807) is 0 Å². The van der Waals surface area contributed by atoms with Crippen LogP contribution in [-0.2, 0) is 11.2 Å². The first-order chi connectivity index (χ1) is 11.2. The lowest BCUT2D eigenvalue weighted by molar-refractivity contribution is -0.133. The third-order valence-electron chi connectivity index (χ3n) is 4.85. The van der Waals surface area contributed by atoms with Crippen LogP contribution in [0.3, 0.4) is 0 Å². The van der Waals surface area contributed by atoms with E-state index in [2.05, 4.69) is 29.2 Å². The largest absolute Gasteiger partial charge is 0.339 e. The van der Waals surface area contributed by atoms with Gasteiger partial charge in [-0.25, -0.2) is 0 Å². The summed E-state index contributed by atoms with van der Waals surface area (Å²) in [5.74, 6) is 2.16. The summed E-state index contributed by atoms with van der Waals surface area (Å²) in [6.07, 6.45) is 3.66. The quantitative estimate of drug-likeness (QED) is 0.861. The van der Waals surface area contributed by atoms with E-state index in [1.165, 1.54) is 9.75 Å². The van der Waals surface area contributed by atoms with Crippen molar-refractivity contribution < 1.29 is 9.32 Å². The fourth-order valence-corrected chi connectivity index (χ4v) is 4.55. The van der Waals surface area contributed by atoms with Gasteiger partial charge in [0.05, 0.1) is 6.04 Å². The number of carbonyl (C=O) groups is 1. The second-order valence-electron chi connectivity index (χ2n) is 6.49. The van der Waals surface area contributed by atoms with Crippen LogP contribution in [0.5, 0.6) is 0 Å². The van der Waals surface area contributed by atoms with E-state index < -0.39 is 0 Å². The zero-order chi connectivity index (χ0) is 16.0. The third kappa shape index (κ3) is 2.69. The molecule has 3 atom stereocenters. The predicted molar refractivity (Wildman–Crippen MR) is 87.3 cm³/mol. The number of amides is 1. The van der Waals surface area contributed by atoms with Crippen molar-refractivity contribution in [2.75, 3.05) is 6.54 Å². The molecular weight excluding hydrogens is 310 g/mol. The second kappa shape index (κ2) is 5.74. The fourth-order valence-electron chi connectivity index (χ4n) is 3.49. The molecule has 0 aromatic carbocycles. The van der Waals surface area contributed by atoms with Crippen LogP contribution in [0.25, 0.3) is 0 Å². The molecule has 23 heavy (non-hydrogen) atoms. The monoisotopic (exact) mass is 331 g/mol. The standard InChI is InChI=1S/C17H21N3O2S/c1-3-15-18-16(19-22-15)13-5-4-8-20(13)17(21)12-9-11(12)14-7-6-10(2)23-14/h6-7,11-13H,3-5,8-9H2,1-2H3/t11-,12-,13-/m0/s1. The van der Waals surface area contributed by atoms with E-state index in [4.69, 9.17) is 4.52 Å². The van der Waals surface area contributed by atoms with Crippen molar-refractivity contribution in [1.29, 1.82) is 0 Å². The van der Waals surface area contributed by atoms with E-state index in [0.717, 1.165) is 32.2 Å². The number of nitrogens with zero attached hydrogens (tertiary/aromatic N) is 3. The first-order valence-electron chi connectivity index (χ1n) is 8.36. The third-order valence-corrected chi connectivity index (χ3v) is 5.99. The molecule has 1 aliphatic carbocycles. The van der Waals surface area contributed by atoms with Crippen LogP contribution in [0.2, 0.25) is 0 Å². The predicted octanol–water partition coefficient (Wildman–Crippen LogP) is 3.47. The van der Waals surface area contributed by atoms with Gasteiger partial charge in [-0.1, -0.05) is 12.1 Å². The lowest BCUT2D eigenvalue weighted by atomic mass is 10.2. The van der Waals surface area contributed by atoms with Gasteiger partial charge in [0.25, 0.3) is 0 Å². The van der Waals surface area contributed by atoms with Gasteiger partial charge in [-0.15, -0.1) is 11.3 Å². The van der Waals surface area contributed by atoms with Gasteiger partial charge < -0.3 is 9.42 Å². The number of likely N-dealkylation sites (tertiary alicyclic amines) is 1. The Hall–Kier alpha value is -1.69. The Bertz CT molecular complexity index is 723. The molecule has 2 fully saturated rings. The van der Waals surface area contributed by atoms with Crippen LogP contribution in [-0.4, -0.2) is 27.5 Å². The number of aryl methyl sites for hydroxylation is 2. The van der Waals surface area contributed by atoms with Gasteiger partial charge in [-0.2, -0.15) is 4.98 Å². The lowest BCUT2D eigenvalue weighted by Crippen LogP contribution is -2.32. The smallest absolute Gasteiger partial charge is 0.226 e. The summed E-state index contributed by atoms with van der Waals surface area (Å²) in [6, 6.07) is 4.31. The highest BCUT2D eigenvalue weighted by molar-refractivity contribution is 7.12. The highest BCUT2D eigenvalue weighted by atomic mass is 32.1. The highest BCUT2D eigenvalue weighted by Gasteiger charge is 2.48. The molecule has 0 unspecified atom stereocenters. The molecule has 0 radical (unpaired) electrons. The van der Waals surface area contributed by atoms with E-state index in [9.17, 15) is 4.79 Å². The van der Waals surface area contributed by atoms with Crippen LogP contribution in [0.1, 0.15) is 59.6 Å². The van der Waals surface area contributed by atoms with Crippen molar-refractivity contribution in [2.45, 2.75) is 51.5 Å². The summed E-state index contributed by atoms with van der Waals surface area (Å²) in [4.78, 5) is 22.0. The maximum absolute atomic E-state index is 12.9. The average molecular weight is 331 g/mol. The van der Waals surface area contributed by atoms with Crippen molar-refractivity contribution >= 4 is 17.2 Å². The van der Waals surface area contributed by atoms with Gasteiger partial charge in [0.1, 0.15) is 0 Å². The maximum Gasteiger partial charge on any atom is 0.226 e. The second-order valence-corrected chi connectivity index (χ2v) is 7.81. The van der Waals surface area contributed by atoms with Crippen molar-refractivity contribution in [3.63, 3.8) is 0 Å². The number of carbonyl (C=O) groups excluding carboxylic acids is 1. The van der Waals surface area contributed by atoms with E-state index >= 15 is 0 Å². The number of thiophene rings is 1. The van der Waals surface area contributed by atoms with Gasteiger partial charge in [0, 0.05) is 34.6 Å². The summed E-state index contributed by atoms with van der Waals surface area (Å²) >= 11 is 1.82. The summed E-state index contributed by atoms with van der Waals surface area (Å²) in [5, 5.41) is 4.08. The number of rotatable bonds is 4. The van der Waals surface area contributed by atoms with Crippen LogP contribution < -0.4 is 0 Å². The van der Waals surface area contributed by atoms with Crippen LogP contribution in [0, 0.1) is 12.8 Å². The Balaban J connectivity index is 1.47. The molecule has 1 amide bonds. The molecule has 2 aromatic rings. The van der Waals surface area contributed by atoms with Crippen molar-refractivity contribution in [2.24, 2.45) is 5.92 Å². The zero-order valence-electron chi connectivity index (χ0n) is 13.5. The van der Waals surface area contributed by atoms with Crippen LogP contribution in [0.15, 0.2) is 16.7 Å². The summed E-state index contributed by atoms with van der Waals surface area (Å²) in [7, 11) is 0. The maximum atomic E-state index is 12.9. The van der Waals surface area contributed by atoms with Crippen molar-refractivity contribution in [3.05, 3.63) is 33.6 Å². The Morgan fingerprint density at radius 3 is 3.04 bits per heavy atom. The topological polar surface area (TPSA) is 59.2 Å². The molecule has 5 nitrogen and oxygen atoms in total. The molecule has 0 N–H and O–H groups in total. The van der Waals surface area contributed by atoms with Gasteiger partial charge >= 0.3 is 0 Å². The first-order valence-corrected chi connectivity index (χ1v) is 9.18. The molecule has 6 heteroatoms. The van der Waals surface area contributed by atoms with E-state index in [-0.39, 0.29) is 17.9 Å². The molecule has 1 aliphatic heterocycles. The molecule has 1 saturated carbocycles. The fraction of sp³-hybridized carbons (Fsp3) is 0.588. The summed E-state index contributed by atoms with van der Waals surface area (Å²) in [6.45, 7) is 4.92. The van der Waals surface area contributed by atoms with Crippen molar-refractivity contribution in [1.82, 2.24) is 15.0 Å². The number of aromatic nitrogens is 2. The van der Waals surface area contributed by atoms with Gasteiger partial charge in [0.2, 0.25) is 11.8 Å². The molecular formula is C17H21N3O2S. The highest BCUT2D eigenvalue weighted by Crippen LogP contribution is 2.51. The minimum atomic E-state index is -0.00197. The molecule has 2 aromatic heterocycles. The Morgan fingerprint density at radius 2 is 2.35 bits per heavy atom. The Labute approximate surface area is 139 Å². The summed E-state index contributed by atoms with van der Waals surface area (Å²) in [5.41, 5.74) is 0. The first kappa shape index (κ1) is 14.9. The van der Waals surface area contributed by atoms with Crippen LogP contribution in [0.4, 0.5) is 0 Å². The van der Waals surface area contributed by atoms with Gasteiger partial charge in [-0.05, 0) is 38.3 Å². The van der Waals surface area contributed by atoms with Gasteiger partial charge in [0.15, 0.2) is 5.82 Å². The SMILES string of the molecule is CCc1nc([C@@H]2CCCN2C(=O)[C@H]2C[C@@H]2c2ccc(C)s2)no1. The van der Waals surface area contributed by atoms with Crippen LogP contribution >= 0.6 is 11.3 Å². The molecule has 1 saturated heterocycles. The summed E-state index contributed by atoms with van der Waals surface area (Å²) < 4.78 is 5.23. The van der Waals surface area contributed by atoms with E-state index in [1.807, 2.05) is 23.2 Å². The van der Waals surface area contributed by atoms with Crippen molar-refractivity contribution in [3.8, 4) is 0 Å². The molecule has 3 heterocycles. The zero-order valence-corrected chi connectivity index (χ0v) is 14.3. The molecule has 122 valence electrons. The molecule has 2 aliphatic rings. The minimum Gasteiger partial charge on any atom is -0.339 e. The average Bonchev–Trinajstić information content (AvgIpc) is 2.96. The number of hydrogen-bond acceptors (Lipinski definition) is 5. The normalized spacial score (nSPS) is 26.7. The molecule has 4 rings (SSSR count). The molecule has 0 spiro atoms. The number of hydrogen-bond donors (Lipinski definition) is 0. The lowest BCUT2D eigenvalue weighted by Gasteiger charge is -2.22.